The van der Waals surface area contributed by atoms with Gasteiger partial charge in [-0.25, -0.2) is 0 Å². The summed E-state index contributed by atoms with van der Waals surface area (Å²) in [5.41, 5.74) is 1.34. The molecule has 88 valence electrons. The van der Waals surface area contributed by atoms with Crippen molar-refractivity contribution in [2.45, 2.75) is 18.9 Å². The summed E-state index contributed by atoms with van der Waals surface area (Å²) in [6.07, 6.45) is 1.82. The predicted molar refractivity (Wildman–Crippen MR) is 64.2 cm³/mol. The van der Waals surface area contributed by atoms with E-state index < -0.39 is 0 Å². The summed E-state index contributed by atoms with van der Waals surface area (Å²) in [4.78, 5) is 25.6. The lowest BCUT2D eigenvalue weighted by Gasteiger charge is -2.31. The molecule has 2 aliphatic rings. The molecule has 0 aliphatic carbocycles. The van der Waals surface area contributed by atoms with Gasteiger partial charge in [0.2, 0.25) is 0 Å². The Bertz CT molecular complexity index is 478. The maximum absolute atomic E-state index is 12.0. The molecule has 0 saturated carbocycles. The predicted octanol–water partition coefficient (Wildman–Crippen LogP) is 0.968. The highest BCUT2D eigenvalue weighted by Crippen LogP contribution is 2.32. The third-order valence-electron chi connectivity index (χ3n) is 3.50. The zero-order chi connectivity index (χ0) is 11.8. The molecule has 4 nitrogen and oxygen atoms in total. The number of para-hydroxylation sites is 1. The lowest BCUT2D eigenvalue weighted by atomic mass is 10.0. The summed E-state index contributed by atoms with van der Waals surface area (Å²) >= 11 is 0. The van der Waals surface area contributed by atoms with Crippen molar-refractivity contribution in [3.8, 4) is 0 Å². The summed E-state index contributed by atoms with van der Waals surface area (Å²) in [7, 11) is 0. The van der Waals surface area contributed by atoms with Crippen molar-refractivity contribution in [1.82, 2.24) is 5.32 Å². The maximum Gasteiger partial charge on any atom is 0.299 e. The van der Waals surface area contributed by atoms with Crippen LogP contribution >= 0.6 is 0 Å². The molecule has 1 saturated heterocycles. The van der Waals surface area contributed by atoms with Gasteiger partial charge in [-0.15, -0.1) is 0 Å². The number of hydrogen-bond acceptors (Lipinski definition) is 3. The van der Waals surface area contributed by atoms with Gasteiger partial charge >= 0.3 is 0 Å². The summed E-state index contributed by atoms with van der Waals surface area (Å²) < 4.78 is 0. The van der Waals surface area contributed by atoms with Gasteiger partial charge in [0, 0.05) is 6.04 Å². The second-order valence-electron chi connectivity index (χ2n) is 4.50. The van der Waals surface area contributed by atoms with Gasteiger partial charge in [-0.05, 0) is 38.1 Å². The Morgan fingerprint density at radius 2 is 1.82 bits per heavy atom. The summed E-state index contributed by atoms with van der Waals surface area (Å²) in [5, 5.41) is 3.27. The van der Waals surface area contributed by atoms with Gasteiger partial charge in [-0.3, -0.25) is 9.59 Å². The molecule has 2 heterocycles. The minimum atomic E-state index is -0.363. The minimum absolute atomic E-state index is 0.163. The number of carbonyl (C=O) groups excluding carboxylic acids is 2. The number of anilines is 1. The Hall–Kier alpha value is -1.68. The van der Waals surface area contributed by atoms with Crippen LogP contribution in [0, 0.1) is 0 Å². The molecule has 4 heteroatoms. The average molecular weight is 230 g/mol. The van der Waals surface area contributed by atoms with E-state index in [2.05, 4.69) is 5.32 Å². The van der Waals surface area contributed by atoms with E-state index >= 15 is 0 Å². The van der Waals surface area contributed by atoms with Crippen molar-refractivity contribution in [2.24, 2.45) is 0 Å². The smallest absolute Gasteiger partial charge is 0.299 e. The third kappa shape index (κ3) is 1.56. The van der Waals surface area contributed by atoms with Crippen LogP contribution in [-0.4, -0.2) is 30.8 Å². The average Bonchev–Trinajstić information content (AvgIpc) is 2.64. The minimum Gasteiger partial charge on any atom is -0.317 e. The SMILES string of the molecule is O=C1C(=O)N(C2CCNCC2)c2ccccc21. The molecule has 0 bridgehead atoms. The lowest BCUT2D eigenvalue weighted by molar-refractivity contribution is -0.114. The largest absolute Gasteiger partial charge is 0.317 e. The van der Waals surface area contributed by atoms with Crippen LogP contribution in [0.1, 0.15) is 23.2 Å². The van der Waals surface area contributed by atoms with Crippen molar-refractivity contribution in [3.05, 3.63) is 29.8 Å². The van der Waals surface area contributed by atoms with Gasteiger partial charge in [0.15, 0.2) is 0 Å². The standard InChI is InChI=1S/C13H14N2O2/c16-12-10-3-1-2-4-11(10)15(13(12)17)9-5-7-14-8-6-9/h1-4,9,14H,5-8H2. The van der Waals surface area contributed by atoms with Crippen molar-refractivity contribution in [2.75, 3.05) is 18.0 Å². The first kappa shape index (κ1) is 10.5. The highest BCUT2D eigenvalue weighted by atomic mass is 16.2. The first-order valence-corrected chi connectivity index (χ1v) is 5.96. The molecule has 0 atom stereocenters. The molecule has 3 rings (SSSR count). The van der Waals surface area contributed by atoms with E-state index in [1.807, 2.05) is 12.1 Å². The van der Waals surface area contributed by atoms with Gasteiger partial charge < -0.3 is 10.2 Å². The number of amides is 1. The van der Waals surface area contributed by atoms with Crippen molar-refractivity contribution >= 4 is 17.4 Å². The summed E-state index contributed by atoms with van der Waals surface area (Å²) in [6.45, 7) is 1.82. The molecule has 1 aromatic carbocycles. The van der Waals surface area contributed by atoms with Gasteiger partial charge in [0.1, 0.15) is 0 Å². The van der Waals surface area contributed by atoms with Crippen LogP contribution < -0.4 is 10.2 Å². The first-order chi connectivity index (χ1) is 8.29. The Kier molecular flexibility index (Phi) is 2.44. The Labute approximate surface area is 99.6 Å². The van der Waals surface area contributed by atoms with Gasteiger partial charge in [0.05, 0.1) is 11.3 Å². The van der Waals surface area contributed by atoms with E-state index in [0.717, 1.165) is 31.6 Å². The maximum atomic E-state index is 12.0. The normalized spacial score (nSPS) is 20.8. The molecule has 1 aromatic rings. The molecule has 1 fully saturated rings. The molecular formula is C13H14N2O2. The van der Waals surface area contributed by atoms with E-state index in [1.165, 1.54) is 0 Å². The second-order valence-corrected chi connectivity index (χ2v) is 4.50. The van der Waals surface area contributed by atoms with Crippen molar-refractivity contribution in [3.63, 3.8) is 0 Å². The summed E-state index contributed by atoms with van der Waals surface area (Å²) in [5.74, 6) is -0.725. The molecule has 2 aliphatic heterocycles. The number of piperidine rings is 1. The number of benzene rings is 1. The molecule has 1 N–H and O–H groups in total. The molecule has 0 radical (unpaired) electrons. The fraction of sp³-hybridized carbons (Fsp3) is 0.385. The topological polar surface area (TPSA) is 49.4 Å². The molecular weight excluding hydrogens is 216 g/mol. The first-order valence-electron chi connectivity index (χ1n) is 5.96. The van der Waals surface area contributed by atoms with Crippen LogP contribution in [0.3, 0.4) is 0 Å². The zero-order valence-corrected chi connectivity index (χ0v) is 9.48. The van der Waals surface area contributed by atoms with Crippen LogP contribution in [0.4, 0.5) is 5.69 Å². The quantitative estimate of drug-likeness (QED) is 0.731. The van der Waals surface area contributed by atoms with Crippen molar-refractivity contribution in [1.29, 1.82) is 0 Å². The number of nitrogens with zero attached hydrogens (tertiary/aromatic N) is 1. The molecule has 0 aromatic heterocycles. The number of fused-ring (bicyclic) bond motifs is 1. The Morgan fingerprint density at radius 1 is 1.12 bits per heavy atom. The molecule has 17 heavy (non-hydrogen) atoms. The number of ketones is 1. The number of Topliss-reactive ketones (excluding diaryl/α,β-unsaturated/α-hetero) is 1. The van der Waals surface area contributed by atoms with E-state index in [-0.39, 0.29) is 17.7 Å². The van der Waals surface area contributed by atoms with Crippen LogP contribution in [0.25, 0.3) is 0 Å². The second kappa shape index (κ2) is 3.96. The number of carbonyl (C=O) groups is 2. The van der Waals surface area contributed by atoms with Crippen LogP contribution in [-0.2, 0) is 4.79 Å². The monoisotopic (exact) mass is 230 g/mol. The molecule has 0 spiro atoms. The van der Waals surface area contributed by atoms with E-state index in [0.29, 0.717) is 5.56 Å². The fourth-order valence-corrected chi connectivity index (χ4v) is 2.64. The summed E-state index contributed by atoms with van der Waals surface area (Å²) in [6, 6.07) is 7.43. The van der Waals surface area contributed by atoms with E-state index in [1.54, 1.807) is 17.0 Å². The number of rotatable bonds is 1. The molecule has 0 unspecified atom stereocenters. The van der Waals surface area contributed by atoms with E-state index in [9.17, 15) is 9.59 Å². The van der Waals surface area contributed by atoms with Gasteiger partial charge in [0.25, 0.3) is 11.7 Å². The fourth-order valence-electron chi connectivity index (χ4n) is 2.64. The van der Waals surface area contributed by atoms with Gasteiger partial charge in [-0.1, -0.05) is 12.1 Å². The van der Waals surface area contributed by atoms with Crippen LogP contribution in [0.2, 0.25) is 0 Å². The number of hydrogen-bond donors (Lipinski definition) is 1. The van der Waals surface area contributed by atoms with Crippen LogP contribution in [0.5, 0.6) is 0 Å². The number of nitrogens with one attached hydrogen (secondary N) is 1. The third-order valence-corrected chi connectivity index (χ3v) is 3.50. The van der Waals surface area contributed by atoms with Crippen LogP contribution in [0.15, 0.2) is 24.3 Å². The van der Waals surface area contributed by atoms with Gasteiger partial charge in [-0.2, -0.15) is 0 Å². The lowest BCUT2D eigenvalue weighted by Crippen LogP contribution is -2.45. The zero-order valence-electron chi connectivity index (χ0n) is 9.48. The highest BCUT2D eigenvalue weighted by molar-refractivity contribution is 6.52. The molecule has 1 amide bonds. The highest BCUT2D eigenvalue weighted by Gasteiger charge is 2.39. The van der Waals surface area contributed by atoms with E-state index in [4.69, 9.17) is 0 Å². The van der Waals surface area contributed by atoms with Crippen molar-refractivity contribution < 1.29 is 9.59 Å². The Balaban J connectivity index is 1.99. The Morgan fingerprint density at radius 3 is 2.59 bits per heavy atom.